The van der Waals surface area contributed by atoms with Crippen molar-refractivity contribution in [3.05, 3.63) is 29.8 Å². The van der Waals surface area contributed by atoms with Crippen molar-refractivity contribution in [3.63, 3.8) is 0 Å². The lowest BCUT2D eigenvalue weighted by atomic mass is 10.2. The smallest absolute Gasteiger partial charge is 0.337 e. The number of nitrogens with one attached hydrogen (secondary N) is 1. The number of likely N-dealkylation sites (N-methyl/N-ethyl adjacent to an activating group) is 1. The molecule has 1 aromatic carbocycles. The van der Waals surface area contributed by atoms with Gasteiger partial charge in [-0.3, -0.25) is 4.79 Å². The van der Waals surface area contributed by atoms with E-state index in [2.05, 4.69) is 10.1 Å². The highest BCUT2D eigenvalue weighted by Crippen LogP contribution is 2.17. The SMILES string of the molecule is COC(=O)c1cccc(NCC(=O)N(C)C2CCS(=O)(=O)C2)c1. The van der Waals surface area contributed by atoms with E-state index in [1.807, 2.05) is 0 Å². The number of hydrogen-bond acceptors (Lipinski definition) is 6. The van der Waals surface area contributed by atoms with E-state index in [1.54, 1.807) is 31.3 Å². The van der Waals surface area contributed by atoms with Crippen LogP contribution in [0.25, 0.3) is 0 Å². The molecule has 1 N–H and O–H groups in total. The summed E-state index contributed by atoms with van der Waals surface area (Å²) in [5.41, 5.74) is 1.01. The van der Waals surface area contributed by atoms with Crippen LogP contribution in [0, 0.1) is 0 Å². The third-order valence-corrected chi connectivity index (χ3v) is 5.63. The van der Waals surface area contributed by atoms with E-state index >= 15 is 0 Å². The van der Waals surface area contributed by atoms with Gasteiger partial charge in [-0.1, -0.05) is 6.07 Å². The molecule has 0 radical (unpaired) electrons. The molecule has 1 amide bonds. The van der Waals surface area contributed by atoms with Crippen molar-refractivity contribution >= 4 is 27.4 Å². The Balaban J connectivity index is 1.93. The summed E-state index contributed by atoms with van der Waals surface area (Å²) in [4.78, 5) is 25.1. The minimum atomic E-state index is -3.02. The summed E-state index contributed by atoms with van der Waals surface area (Å²) in [5.74, 6) is -0.499. The molecule has 1 fully saturated rings. The molecule has 7 nitrogen and oxygen atoms in total. The first-order valence-electron chi connectivity index (χ1n) is 7.21. The Labute approximate surface area is 135 Å². The number of ether oxygens (including phenoxy) is 1. The molecule has 0 spiro atoms. The third kappa shape index (κ3) is 4.44. The standard InChI is InChI=1S/C15H20N2O5S/c1-17(13-6-7-23(20,21)10-13)14(18)9-16-12-5-3-4-11(8-12)15(19)22-2/h3-5,8,13,16H,6-7,9-10H2,1-2H3. The number of nitrogens with zero attached hydrogens (tertiary/aromatic N) is 1. The van der Waals surface area contributed by atoms with Gasteiger partial charge >= 0.3 is 5.97 Å². The molecular weight excluding hydrogens is 320 g/mol. The minimum absolute atomic E-state index is 0.0209. The van der Waals surface area contributed by atoms with Crippen LogP contribution >= 0.6 is 0 Å². The first-order chi connectivity index (χ1) is 10.8. The summed E-state index contributed by atoms with van der Waals surface area (Å²) in [7, 11) is -0.111. The van der Waals surface area contributed by atoms with Crippen molar-refractivity contribution in [1.82, 2.24) is 4.90 Å². The molecule has 23 heavy (non-hydrogen) atoms. The molecule has 0 aliphatic carbocycles. The number of carbonyl (C=O) groups excluding carboxylic acids is 2. The molecule has 1 aromatic rings. The van der Waals surface area contributed by atoms with Gasteiger partial charge in [-0.2, -0.15) is 0 Å². The van der Waals surface area contributed by atoms with Crippen LogP contribution in [0.4, 0.5) is 5.69 Å². The highest BCUT2D eigenvalue weighted by atomic mass is 32.2. The van der Waals surface area contributed by atoms with Crippen LogP contribution in [-0.4, -0.2) is 63.4 Å². The Morgan fingerprint density at radius 3 is 2.74 bits per heavy atom. The van der Waals surface area contributed by atoms with Crippen molar-refractivity contribution in [2.45, 2.75) is 12.5 Å². The monoisotopic (exact) mass is 340 g/mol. The minimum Gasteiger partial charge on any atom is -0.465 e. The van der Waals surface area contributed by atoms with E-state index in [-0.39, 0.29) is 30.0 Å². The van der Waals surface area contributed by atoms with E-state index in [0.717, 1.165) is 0 Å². The predicted octanol–water partition coefficient (Wildman–Crippen LogP) is 0.531. The largest absolute Gasteiger partial charge is 0.465 e. The fourth-order valence-corrected chi connectivity index (χ4v) is 4.24. The second-order valence-electron chi connectivity index (χ2n) is 5.49. The highest BCUT2D eigenvalue weighted by molar-refractivity contribution is 7.91. The maximum Gasteiger partial charge on any atom is 0.337 e. The zero-order valence-corrected chi connectivity index (χ0v) is 13.9. The Morgan fingerprint density at radius 1 is 1.39 bits per heavy atom. The zero-order chi connectivity index (χ0) is 17.0. The van der Waals surface area contributed by atoms with Crippen LogP contribution in [0.15, 0.2) is 24.3 Å². The summed E-state index contributed by atoms with van der Waals surface area (Å²) >= 11 is 0. The summed E-state index contributed by atoms with van der Waals surface area (Å²) in [5, 5.41) is 2.94. The first-order valence-corrected chi connectivity index (χ1v) is 9.03. The second kappa shape index (κ2) is 6.99. The molecule has 126 valence electrons. The molecule has 1 saturated heterocycles. The highest BCUT2D eigenvalue weighted by Gasteiger charge is 2.32. The predicted molar refractivity (Wildman–Crippen MR) is 86.1 cm³/mol. The summed E-state index contributed by atoms with van der Waals surface area (Å²) in [6.07, 6.45) is 0.475. The molecule has 0 aromatic heterocycles. The second-order valence-corrected chi connectivity index (χ2v) is 7.72. The average molecular weight is 340 g/mol. The lowest BCUT2D eigenvalue weighted by molar-refractivity contribution is -0.129. The van der Waals surface area contributed by atoms with Crippen LogP contribution in [0.2, 0.25) is 0 Å². The zero-order valence-electron chi connectivity index (χ0n) is 13.1. The Kier molecular flexibility index (Phi) is 5.25. The lowest BCUT2D eigenvalue weighted by Gasteiger charge is -2.23. The maximum atomic E-state index is 12.2. The number of anilines is 1. The molecule has 2 rings (SSSR count). The normalized spacial score (nSPS) is 19.1. The number of carbonyl (C=O) groups is 2. The molecular formula is C15H20N2O5S. The molecule has 1 unspecified atom stereocenters. The number of methoxy groups -OCH3 is 1. The molecule has 1 aliphatic heterocycles. The number of hydrogen-bond donors (Lipinski definition) is 1. The van der Waals surface area contributed by atoms with Crippen molar-refractivity contribution < 1.29 is 22.7 Å². The summed E-state index contributed by atoms with van der Waals surface area (Å²) < 4.78 is 27.6. The number of sulfone groups is 1. The van der Waals surface area contributed by atoms with Gasteiger partial charge in [0.2, 0.25) is 5.91 Å². The Morgan fingerprint density at radius 2 is 2.13 bits per heavy atom. The molecule has 1 heterocycles. The quantitative estimate of drug-likeness (QED) is 0.786. The van der Waals surface area contributed by atoms with Gasteiger partial charge in [0, 0.05) is 18.8 Å². The lowest BCUT2D eigenvalue weighted by Crippen LogP contribution is -2.40. The fraction of sp³-hybridized carbons (Fsp3) is 0.467. The molecule has 8 heteroatoms. The van der Waals surface area contributed by atoms with Gasteiger partial charge in [-0.05, 0) is 24.6 Å². The van der Waals surface area contributed by atoms with Crippen molar-refractivity contribution in [2.24, 2.45) is 0 Å². The Bertz CT molecular complexity index is 702. The first kappa shape index (κ1) is 17.3. The summed E-state index contributed by atoms with van der Waals surface area (Å²) in [6.45, 7) is 0.0255. The number of rotatable bonds is 5. The molecule has 0 saturated carbocycles. The van der Waals surface area contributed by atoms with Gasteiger partial charge in [-0.15, -0.1) is 0 Å². The third-order valence-electron chi connectivity index (χ3n) is 3.88. The van der Waals surface area contributed by atoms with Gasteiger partial charge in [0.15, 0.2) is 9.84 Å². The maximum absolute atomic E-state index is 12.2. The van der Waals surface area contributed by atoms with Crippen molar-refractivity contribution in [2.75, 3.05) is 37.5 Å². The van der Waals surface area contributed by atoms with E-state index < -0.39 is 15.8 Å². The molecule has 1 aliphatic rings. The van der Waals surface area contributed by atoms with E-state index in [1.165, 1.54) is 12.0 Å². The van der Waals surface area contributed by atoms with Gasteiger partial charge in [0.05, 0.1) is 30.7 Å². The van der Waals surface area contributed by atoms with E-state index in [4.69, 9.17) is 0 Å². The molecule has 1 atom stereocenters. The van der Waals surface area contributed by atoms with Crippen molar-refractivity contribution in [1.29, 1.82) is 0 Å². The molecule has 0 bridgehead atoms. The Hall–Kier alpha value is -2.09. The number of esters is 1. The fourth-order valence-electron chi connectivity index (χ4n) is 2.46. The van der Waals surface area contributed by atoms with Crippen LogP contribution in [0.5, 0.6) is 0 Å². The van der Waals surface area contributed by atoms with E-state index in [0.29, 0.717) is 17.7 Å². The van der Waals surface area contributed by atoms with Crippen LogP contribution in [0.3, 0.4) is 0 Å². The van der Waals surface area contributed by atoms with Crippen molar-refractivity contribution in [3.8, 4) is 0 Å². The topological polar surface area (TPSA) is 92.8 Å². The van der Waals surface area contributed by atoms with Crippen LogP contribution < -0.4 is 5.32 Å². The summed E-state index contributed by atoms with van der Waals surface area (Å²) in [6, 6.07) is 6.37. The van der Waals surface area contributed by atoms with Crippen LogP contribution in [-0.2, 0) is 19.4 Å². The van der Waals surface area contributed by atoms with Crippen LogP contribution in [0.1, 0.15) is 16.8 Å². The van der Waals surface area contributed by atoms with Gasteiger partial charge in [0.25, 0.3) is 0 Å². The number of benzene rings is 1. The van der Waals surface area contributed by atoms with E-state index in [9.17, 15) is 18.0 Å². The van der Waals surface area contributed by atoms with Gasteiger partial charge in [-0.25, -0.2) is 13.2 Å². The van der Waals surface area contributed by atoms with Gasteiger partial charge < -0.3 is 15.0 Å². The van der Waals surface area contributed by atoms with Gasteiger partial charge in [0.1, 0.15) is 0 Å². The average Bonchev–Trinajstić information content (AvgIpc) is 2.91. The number of amides is 1.